The molecular formula is C9H13Cl2NS. The van der Waals surface area contributed by atoms with Gasteiger partial charge in [0.1, 0.15) is 0 Å². The zero-order valence-electron chi connectivity index (χ0n) is 7.68. The number of halogens is 2. The molecule has 2 unspecified atom stereocenters. The summed E-state index contributed by atoms with van der Waals surface area (Å²) in [7, 11) is 0. The van der Waals surface area contributed by atoms with Crippen molar-refractivity contribution in [2.24, 2.45) is 11.7 Å². The van der Waals surface area contributed by atoms with Crippen LogP contribution in [0.1, 0.15) is 31.9 Å². The maximum atomic E-state index is 6.03. The van der Waals surface area contributed by atoms with Gasteiger partial charge in [0.15, 0.2) is 0 Å². The Bertz CT molecular complexity index is 285. The lowest BCUT2D eigenvalue weighted by molar-refractivity contribution is 0.458. The van der Waals surface area contributed by atoms with Crippen LogP contribution in [0.15, 0.2) is 6.07 Å². The summed E-state index contributed by atoms with van der Waals surface area (Å²) in [5.41, 5.74) is 7.00. The van der Waals surface area contributed by atoms with Crippen molar-refractivity contribution in [3.63, 3.8) is 0 Å². The van der Waals surface area contributed by atoms with E-state index >= 15 is 0 Å². The third-order valence-corrected chi connectivity index (χ3v) is 3.82. The molecule has 0 saturated carbocycles. The summed E-state index contributed by atoms with van der Waals surface area (Å²) in [6, 6.07) is 1.87. The lowest BCUT2D eigenvalue weighted by Gasteiger charge is -2.17. The Kier molecular flexibility index (Phi) is 4.05. The first-order chi connectivity index (χ1) is 6.06. The van der Waals surface area contributed by atoms with Crippen LogP contribution in [0.25, 0.3) is 0 Å². The lowest BCUT2D eigenvalue weighted by atomic mass is 9.95. The van der Waals surface area contributed by atoms with Crippen LogP contribution in [0.3, 0.4) is 0 Å². The Morgan fingerprint density at radius 2 is 2.15 bits per heavy atom. The second kappa shape index (κ2) is 4.65. The first-order valence-corrected chi connectivity index (χ1v) is 5.83. The molecule has 0 aromatic carbocycles. The average Bonchev–Trinajstić information content (AvgIpc) is 2.42. The molecule has 0 amide bonds. The van der Waals surface area contributed by atoms with E-state index in [1.807, 2.05) is 6.07 Å². The van der Waals surface area contributed by atoms with Gasteiger partial charge in [-0.25, -0.2) is 0 Å². The number of hydrogen-bond donors (Lipinski definition) is 1. The van der Waals surface area contributed by atoms with Gasteiger partial charge in [0.2, 0.25) is 0 Å². The third kappa shape index (κ3) is 2.59. The average molecular weight is 238 g/mol. The molecule has 74 valence electrons. The SMILES string of the molecule is CCC(C)C(N)c1cc(Cl)sc1Cl. The van der Waals surface area contributed by atoms with E-state index in [0.717, 1.165) is 16.3 Å². The zero-order valence-corrected chi connectivity index (χ0v) is 10.0. The monoisotopic (exact) mass is 237 g/mol. The van der Waals surface area contributed by atoms with E-state index in [-0.39, 0.29) is 6.04 Å². The molecule has 4 heteroatoms. The van der Waals surface area contributed by atoms with Gasteiger partial charge in [-0.15, -0.1) is 11.3 Å². The van der Waals surface area contributed by atoms with Crippen LogP contribution >= 0.6 is 34.5 Å². The molecule has 1 heterocycles. The van der Waals surface area contributed by atoms with E-state index in [1.54, 1.807) is 0 Å². The summed E-state index contributed by atoms with van der Waals surface area (Å²) in [6.45, 7) is 4.24. The van der Waals surface area contributed by atoms with Gasteiger partial charge in [0.25, 0.3) is 0 Å². The standard InChI is InChI=1S/C9H13Cl2NS/c1-3-5(2)8(12)6-4-7(10)13-9(6)11/h4-5,8H,3,12H2,1-2H3. The molecule has 0 aliphatic carbocycles. The fourth-order valence-electron chi connectivity index (χ4n) is 1.14. The number of nitrogens with two attached hydrogens (primary N) is 1. The van der Waals surface area contributed by atoms with Crippen molar-refractivity contribution in [3.8, 4) is 0 Å². The number of hydrogen-bond acceptors (Lipinski definition) is 2. The van der Waals surface area contributed by atoms with Crippen molar-refractivity contribution in [3.05, 3.63) is 20.3 Å². The van der Waals surface area contributed by atoms with Gasteiger partial charge in [-0.05, 0) is 12.0 Å². The molecule has 0 fully saturated rings. The molecule has 0 radical (unpaired) electrons. The second-order valence-electron chi connectivity index (χ2n) is 3.19. The van der Waals surface area contributed by atoms with Crippen LogP contribution in [0.2, 0.25) is 8.67 Å². The van der Waals surface area contributed by atoms with Gasteiger partial charge in [0, 0.05) is 11.6 Å². The minimum atomic E-state index is 0.00116. The van der Waals surface area contributed by atoms with Gasteiger partial charge in [-0.3, -0.25) is 0 Å². The van der Waals surface area contributed by atoms with Crippen molar-refractivity contribution in [2.75, 3.05) is 0 Å². The Labute approximate surface area is 92.8 Å². The molecule has 0 bridgehead atoms. The molecular weight excluding hydrogens is 225 g/mol. The highest BCUT2D eigenvalue weighted by Crippen LogP contribution is 2.36. The van der Waals surface area contributed by atoms with E-state index in [1.165, 1.54) is 11.3 Å². The first-order valence-electron chi connectivity index (χ1n) is 4.26. The third-order valence-electron chi connectivity index (χ3n) is 2.30. The maximum Gasteiger partial charge on any atom is 0.0991 e. The number of thiophene rings is 1. The summed E-state index contributed by atoms with van der Waals surface area (Å²) >= 11 is 13.2. The topological polar surface area (TPSA) is 26.0 Å². The quantitative estimate of drug-likeness (QED) is 0.842. The van der Waals surface area contributed by atoms with Gasteiger partial charge >= 0.3 is 0 Å². The molecule has 1 rings (SSSR count). The fourth-order valence-corrected chi connectivity index (χ4v) is 2.71. The minimum Gasteiger partial charge on any atom is -0.324 e. The van der Waals surface area contributed by atoms with E-state index in [9.17, 15) is 0 Å². The molecule has 0 aliphatic heterocycles. The van der Waals surface area contributed by atoms with E-state index < -0.39 is 0 Å². The predicted octanol–water partition coefficient (Wildman–Crippen LogP) is 4.10. The highest BCUT2D eigenvalue weighted by molar-refractivity contribution is 7.20. The predicted molar refractivity (Wildman–Crippen MR) is 60.7 cm³/mol. The van der Waals surface area contributed by atoms with Crippen LogP contribution in [0.4, 0.5) is 0 Å². The molecule has 1 aromatic rings. The van der Waals surface area contributed by atoms with E-state index in [0.29, 0.717) is 10.3 Å². The van der Waals surface area contributed by atoms with Crippen molar-refractivity contribution in [1.82, 2.24) is 0 Å². The number of rotatable bonds is 3. The lowest BCUT2D eigenvalue weighted by Crippen LogP contribution is -2.18. The normalized spacial score (nSPS) is 15.8. The summed E-state index contributed by atoms with van der Waals surface area (Å²) in [6.07, 6.45) is 1.05. The first kappa shape index (κ1) is 11.3. The molecule has 2 atom stereocenters. The second-order valence-corrected chi connectivity index (χ2v) is 5.48. The molecule has 13 heavy (non-hydrogen) atoms. The Morgan fingerprint density at radius 3 is 2.54 bits per heavy atom. The Balaban J connectivity index is 2.87. The smallest absolute Gasteiger partial charge is 0.0991 e. The maximum absolute atomic E-state index is 6.03. The van der Waals surface area contributed by atoms with E-state index in [2.05, 4.69) is 13.8 Å². The van der Waals surface area contributed by atoms with Crippen LogP contribution in [-0.2, 0) is 0 Å². The van der Waals surface area contributed by atoms with Gasteiger partial charge in [0.05, 0.1) is 8.67 Å². The zero-order chi connectivity index (χ0) is 10.0. The fraction of sp³-hybridized carbons (Fsp3) is 0.556. The van der Waals surface area contributed by atoms with Gasteiger partial charge < -0.3 is 5.73 Å². The van der Waals surface area contributed by atoms with Crippen molar-refractivity contribution in [1.29, 1.82) is 0 Å². The van der Waals surface area contributed by atoms with E-state index in [4.69, 9.17) is 28.9 Å². The summed E-state index contributed by atoms with van der Waals surface area (Å²) in [5.74, 6) is 0.433. The van der Waals surface area contributed by atoms with Crippen molar-refractivity contribution in [2.45, 2.75) is 26.3 Å². The highest BCUT2D eigenvalue weighted by Gasteiger charge is 2.18. The summed E-state index contributed by atoms with van der Waals surface area (Å²) < 4.78 is 1.43. The van der Waals surface area contributed by atoms with Gasteiger partial charge in [-0.1, -0.05) is 43.5 Å². The summed E-state index contributed by atoms with van der Waals surface area (Å²) in [4.78, 5) is 0. The molecule has 1 aromatic heterocycles. The van der Waals surface area contributed by atoms with Crippen LogP contribution in [0, 0.1) is 5.92 Å². The molecule has 2 N–H and O–H groups in total. The summed E-state index contributed by atoms with van der Waals surface area (Å²) in [5, 5.41) is 0. The van der Waals surface area contributed by atoms with Crippen LogP contribution < -0.4 is 5.73 Å². The Morgan fingerprint density at radius 1 is 1.54 bits per heavy atom. The van der Waals surface area contributed by atoms with Gasteiger partial charge in [-0.2, -0.15) is 0 Å². The molecule has 0 spiro atoms. The molecule has 0 aliphatic rings. The molecule has 1 nitrogen and oxygen atoms in total. The van der Waals surface area contributed by atoms with Crippen LogP contribution in [0.5, 0.6) is 0 Å². The van der Waals surface area contributed by atoms with Crippen molar-refractivity contribution < 1.29 is 0 Å². The Hall–Kier alpha value is 0.240. The molecule has 0 saturated heterocycles. The van der Waals surface area contributed by atoms with Crippen molar-refractivity contribution >= 4 is 34.5 Å². The largest absolute Gasteiger partial charge is 0.324 e. The highest BCUT2D eigenvalue weighted by atomic mass is 35.5. The minimum absolute atomic E-state index is 0.00116. The van der Waals surface area contributed by atoms with Crippen LogP contribution in [-0.4, -0.2) is 0 Å².